The molecule has 0 radical (unpaired) electrons. The van der Waals surface area contributed by atoms with Crippen molar-refractivity contribution in [1.82, 2.24) is 9.80 Å². The van der Waals surface area contributed by atoms with Crippen LogP contribution < -0.4 is 0 Å². The summed E-state index contributed by atoms with van der Waals surface area (Å²) in [5.41, 5.74) is 1.33. The van der Waals surface area contributed by atoms with Gasteiger partial charge in [-0.15, -0.1) is 0 Å². The summed E-state index contributed by atoms with van der Waals surface area (Å²) in [6.45, 7) is 8.74. The Labute approximate surface area is 160 Å². The molecule has 0 unspecified atom stereocenters. The lowest BCUT2D eigenvalue weighted by Gasteiger charge is -2.35. The Kier molecular flexibility index (Phi) is 6.08. The predicted octanol–water partition coefficient (Wildman–Crippen LogP) is 4.17. The number of nitrogens with zero attached hydrogens (tertiary/aromatic N) is 2. The Hall–Kier alpha value is -1.03. The lowest BCUT2D eigenvalue weighted by atomic mass is 10.1. The van der Waals surface area contributed by atoms with Crippen LogP contribution in [-0.2, 0) is 11.3 Å². The third kappa shape index (κ3) is 4.58. The van der Waals surface area contributed by atoms with E-state index in [1.54, 1.807) is 0 Å². The maximum Gasteiger partial charge on any atom is 0.226 e. The number of rotatable bonds is 5. The molecule has 0 N–H and O–H groups in total. The van der Waals surface area contributed by atoms with Gasteiger partial charge in [-0.25, -0.2) is 0 Å². The van der Waals surface area contributed by atoms with E-state index in [1.807, 2.05) is 17.0 Å². The van der Waals surface area contributed by atoms with Crippen molar-refractivity contribution in [3.63, 3.8) is 0 Å². The third-order valence-electron chi connectivity index (χ3n) is 5.44. The van der Waals surface area contributed by atoms with E-state index < -0.39 is 0 Å². The summed E-state index contributed by atoms with van der Waals surface area (Å²) >= 11 is 11.7. The molecule has 3 nitrogen and oxygen atoms in total. The summed E-state index contributed by atoms with van der Waals surface area (Å²) < 4.78 is 0.277. The van der Waals surface area contributed by atoms with Gasteiger partial charge in [-0.2, -0.15) is 0 Å². The van der Waals surface area contributed by atoms with Crippen LogP contribution in [0.3, 0.4) is 0 Å². The van der Waals surface area contributed by atoms with Gasteiger partial charge < -0.3 is 4.90 Å². The zero-order chi connectivity index (χ0) is 18.0. The van der Waals surface area contributed by atoms with Crippen molar-refractivity contribution in [2.75, 3.05) is 26.2 Å². The number of carbonyl (C=O) groups is 1. The Morgan fingerprint density at radius 2 is 1.80 bits per heavy atom. The number of hydrogen-bond acceptors (Lipinski definition) is 2. The highest BCUT2D eigenvalue weighted by atomic mass is 35.5. The van der Waals surface area contributed by atoms with E-state index in [0.29, 0.717) is 11.8 Å². The average Bonchev–Trinajstić information content (AvgIpc) is 3.29. The van der Waals surface area contributed by atoms with E-state index in [1.165, 1.54) is 5.56 Å². The molecule has 2 aliphatic rings. The molecule has 1 aliphatic heterocycles. The fraction of sp³-hybridized carbons (Fsp3) is 0.550. The molecule has 136 valence electrons. The van der Waals surface area contributed by atoms with Gasteiger partial charge in [0, 0.05) is 38.6 Å². The fourth-order valence-corrected chi connectivity index (χ4v) is 4.38. The lowest BCUT2D eigenvalue weighted by molar-refractivity contribution is -0.135. The van der Waals surface area contributed by atoms with E-state index in [9.17, 15) is 4.79 Å². The molecule has 1 aromatic carbocycles. The summed E-state index contributed by atoms with van der Waals surface area (Å²) in [5.74, 6) is 1.34. The minimum absolute atomic E-state index is 0.0492. The monoisotopic (exact) mass is 380 g/mol. The van der Waals surface area contributed by atoms with E-state index >= 15 is 0 Å². The Bertz CT molecular complexity index is 620. The molecule has 5 heteroatoms. The van der Waals surface area contributed by atoms with Gasteiger partial charge in [0.05, 0.1) is 0 Å². The van der Waals surface area contributed by atoms with Crippen LogP contribution in [-0.4, -0.2) is 41.9 Å². The number of amides is 1. The largest absolute Gasteiger partial charge is 0.340 e. The van der Waals surface area contributed by atoms with Crippen LogP contribution in [0, 0.1) is 23.7 Å². The number of carbonyl (C=O) groups excluding carboxylic acids is 1. The topological polar surface area (TPSA) is 23.6 Å². The smallest absolute Gasteiger partial charge is 0.226 e. The van der Waals surface area contributed by atoms with Gasteiger partial charge in [0.2, 0.25) is 5.91 Å². The van der Waals surface area contributed by atoms with Gasteiger partial charge in [-0.05, 0) is 29.4 Å². The second-order valence-electron chi connectivity index (χ2n) is 7.47. The van der Waals surface area contributed by atoms with E-state index in [2.05, 4.69) is 43.0 Å². The average molecular weight is 381 g/mol. The van der Waals surface area contributed by atoms with Gasteiger partial charge in [-0.1, -0.05) is 67.4 Å². The first-order chi connectivity index (χ1) is 12.0. The maximum atomic E-state index is 12.9. The van der Waals surface area contributed by atoms with Crippen molar-refractivity contribution in [3.8, 4) is 0 Å². The van der Waals surface area contributed by atoms with Crippen LogP contribution in [0.25, 0.3) is 0 Å². The zero-order valence-corrected chi connectivity index (χ0v) is 16.4. The normalized spacial score (nSPS) is 26.6. The van der Waals surface area contributed by atoms with Crippen molar-refractivity contribution in [1.29, 1.82) is 0 Å². The highest BCUT2D eigenvalue weighted by Crippen LogP contribution is 2.53. The molecule has 1 amide bonds. The van der Waals surface area contributed by atoms with E-state index in [-0.39, 0.29) is 22.2 Å². The van der Waals surface area contributed by atoms with Gasteiger partial charge in [0.1, 0.15) is 4.49 Å². The standard InChI is InChI=1S/C20H26Cl2N2O/c1-14(2)18-16(12-17(21)22)19(18)20(25)24-10-8-23(9-11-24)13-15-6-4-3-5-7-15/h3-7,12,14,16,18-19H,8-11,13H2,1-2H3/t16-,18+,19-/m0/s1. The Morgan fingerprint density at radius 3 is 2.36 bits per heavy atom. The minimum Gasteiger partial charge on any atom is -0.340 e. The van der Waals surface area contributed by atoms with Gasteiger partial charge in [-0.3, -0.25) is 9.69 Å². The first-order valence-electron chi connectivity index (χ1n) is 9.05. The number of piperazine rings is 1. The molecule has 1 aliphatic carbocycles. The van der Waals surface area contributed by atoms with Gasteiger partial charge in [0.15, 0.2) is 0 Å². The SMILES string of the molecule is CC(C)[C@@H]1[C@H](C=C(Cl)Cl)[C@@H]1C(=O)N1CCN(Cc2ccccc2)CC1. The second kappa shape index (κ2) is 8.11. The molecule has 1 saturated carbocycles. The van der Waals surface area contributed by atoms with Crippen molar-refractivity contribution in [3.05, 3.63) is 46.5 Å². The minimum atomic E-state index is 0.0492. The molecule has 1 aromatic rings. The van der Waals surface area contributed by atoms with Crippen LogP contribution in [0.4, 0.5) is 0 Å². The van der Waals surface area contributed by atoms with Crippen LogP contribution in [0.2, 0.25) is 0 Å². The Morgan fingerprint density at radius 1 is 1.16 bits per heavy atom. The fourth-order valence-electron chi connectivity index (χ4n) is 4.09. The molecule has 3 atom stereocenters. The van der Waals surface area contributed by atoms with Crippen molar-refractivity contribution in [2.24, 2.45) is 23.7 Å². The quantitative estimate of drug-likeness (QED) is 0.765. The molecular formula is C20H26Cl2N2O. The summed E-state index contributed by atoms with van der Waals surface area (Å²) in [4.78, 5) is 17.4. The first kappa shape index (κ1) is 18.8. The van der Waals surface area contributed by atoms with Crippen molar-refractivity contribution < 1.29 is 4.79 Å². The molecule has 0 bridgehead atoms. The number of halogens is 2. The maximum absolute atomic E-state index is 12.9. The second-order valence-corrected chi connectivity index (χ2v) is 8.48. The van der Waals surface area contributed by atoms with Gasteiger partial charge >= 0.3 is 0 Å². The molecule has 25 heavy (non-hydrogen) atoms. The Balaban J connectivity index is 1.54. The lowest BCUT2D eigenvalue weighted by Crippen LogP contribution is -2.49. The summed E-state index contributed by atoms with van der Waals surface area (Å²) in [6.07, 6.45) is 1.85. The number of benzene rings is 1. The molecule has 0 spiro atoms. The summed E-state index contributed by atoms with van der Waals surface area (Å²) in [7, 11) is 0. The van der Waals surface area contributed by atoms with Crippen molar-refractivity contribution >= 4 is 29.1 Å². The van der Waals surface area contributed by atoms with Crippen molar-refractivity contribution in [2.45, 2.75) is 20.4 Å². The van der Waals surface area contributed by atoms with E-state index in [0.717, 1.165) is 32.7 Å². The molecule has 1 saturated heterocycles. The molecule has 0 aromatic heterocycles. The van der Waals surface area contributed by atoms with Crippen LogP contribution >= 0.6 is 23.2 Å². The zero-order valence-electron chi connectivity index (χ0n) is 14.9. The molecule has 3 rings (SSSR count). The highest BCUT2D eigenvalue weighted by molar-refractivity contribution is 6.55. The van der Waals surface area contributed by atoms with Crippen LogP contribution in [0.15, 0.2) is 40.9 Å². The molecule has 1 heterocycles. The molecule has 2 fully saturated rings. The van der Waals surface area contributed by atoms with Gasteiger partial charge in [0.25, 0.3) is 0 Å². The molecular weight excluding hydrogens is 355 g/mol. The van der Waals surface area contributed by atoms with Crippen LogP contribution in [0.1, 0.15) is 19.4 Å². The number of allylic oxidation sites excluding steroid dienone is 1. The summed E-state index contributed by atoms with van der Waals surface area (Å²) in [6, 6.07) is 10.5. The van der Waals surface area contributed by atoms with Crippen LogP contribution in [0.5, 0.6) is 0 Å². The summed E-state index contributed by atoms with van der Waals surface area (Å²) in [5, 5.41) is 0. The number of hydrogen-bond donors (Lipinski definition) is 0. The first-order valence-corrected chi connectivity index (χ1v) is 9.81. The highest BCUT2D eigenvalue weighted by Gasteiger charge is 2.55. The predicted molar refractivity (Wildman–Crippen MR) is 103 cm³/mol. The third-order valence-corrected chi connectivity index (χ3v) is 5.69. The van der Waals surface area contributed by atoms with E-state index in [4.69, 9.17) is 23.2 Å².